The lowest BCUT2D eigenvalue weighted by molar-refractivity contribution is -0.138. The fraction of sp³-hybridized carbons (Fsp3) is 0.429. The first kappa shape index (κ1) is 13.3. The van der Waals surface area contributed by atoms with Gasteiger partial charge < -0.3 is 4.90 Å². The zero-order valence-electron chi connectivity index (χ0n) is 10.6. The number of likely N-dealkylation sites (tertiary alicyclic amines) is 1. The summed E-state index contributed by atoms with van der Waals surface area (Å²) in [7, 11) is 0. The van der Waals surface area contributed by atoms with Crippen LogP contribution in [-0.2, 0) is 16.0 Å². The van der Waals surface area contributed by atoms with Gasteiger partial charge in [-0.2, -0.15) is 0 Å². The lowest BCUT2D eigenvalue weighted by atomic mass is 10.00. The molecule has 2 rings (SSSR count). The number of carbonyl (C=O) groups excluding carboxylic acids is 2. The van der Waals surface area contributed by atoms with Crippen LogP contribution in [0.3, 0.4) is 0 Å². The van der Waals surface area contributed by atoms with Crippen molar-refractivity contribution in [3.63, 3.8) is 0 Å². The molecule has 0 atom stereocenters. The summed E-state index contributed by atoms with van der Waals surface area (Å²) in [6, 6.07) is 7.67. The zero-order chi connectivity index (χ0) is 13.3. The van der Waals surface area contributed by atoms with Gasteiger partial charge in [-0.25, -0.2) is 0 Å². The highest BCUT2D eigenvalue weighted by Gasteiger charge is 2.42. The molecule has 0 radical (unpaired) electrons. The number of Topliss-reactive ketones (excluding diaryl/α,β-unsaturated/α-hetero) is 1. The number of benzene rings is 1. The van der Waals surface area contributed by atoms with E-state index in [0.29, 0.717) is 19.4 Å². The van der Waals surface area contributed by atoms with Crippen LogP contribution in [0, 0.1) is 0 Å². The first-order valence-electron chi connectivity index (χ1n) is 6.00. The minimum Gasteiger partial charge on any atom is -0.330 e. The fourth-order valence-corrected chi connectivity index (χ4v) is 2.71. The molecule has 0 N–H and O–H groups in total. The zero-order valence-corrected chi connectivity index (χ0v) is 12.2. The Labute approximate surface area is 115 Å². The van der Waals surface area contributed by atoms with E-state index in [2.05, 4.69) is 15.9 Å². The number of amides is 1. The summed E-state index contributed by atoms with van der Waals surface area (Å²) in [6.07, 6.45) is 0.798. The minimum absolute atomic E-state index is 0.0118. The first-order chi connectivity index (χ1) is 8.43. The summed E-state index contributed by atoms with van der Waals surface area (Å²) in [4.78, 5) is 25.7. The lowest BCUT2D eigenvalue weighted by Gasteiger charge is -2.30. The molecular weight excluding hydrogens is 294 g/mol. The molecule has 1 fully saturated rings. The molecule has 0 bridgehead atoms. The number of hydrogen-bond acceptors (Lipinski definition) is 2. The van der Waals surface area contributed by atoms with E-state index < -0.39 is 5.54 Å². The van der Waals surface area contributed by atoms with Gasteiger partial charge in [0.1, 0.15) is 0 Å². The van der Waals surface area contributed by atoms with Crippen LogP contribution >= 0.6 is 15.9 Å². The first-order valence-corrected chi connectivity index (χ1v) is 6.79. The summed E-state index contributed by atoms with van der Waals surface area (Å²) >= 11 is 3.44. The van der Waals surface area contributed by atoms with Crippen LogP contribution in [0.1, 0.15) is 25.8 Å². The van der Waals surface area contributed by atoms with Crippen molar-refractivity contribution in [2.45, 2.75) is 32.2 Å². The van der Waals surface area contributed by atoms with E-state index in [1.807, 2.05) is 38.1 Å². The summed E-state index contributed by atoms with van der Waals surface area (Å²) in [5.74, 6) is 0.153. The van der Waals surface area contributed by atoms with Gasteiger partial charge in [-0.1, -0.05) is 34.1 Å². The van der Waals surface area contributed by atoms with Gasteiger partial charge >= 0.3 is 0 Å². The second-order valence-electron chi connectivity index (χ2n) is 5.05. The van der Waals surface area contributed by atoms with Crippen LogP contribution < -0.4 is 0 Å². The molecular formula is C14H16BrNO2. The maximum Gasteiger partial charge on any atom is 0.227 e. The molecule has 0 unspecified atom stereocenters. The molecule has 4 heteroatoms. The third kappa shape index (κ3) is 2.34. The van der Waals surface area contributed by atoms with Gasteiger partial charge in [0.15, 0.2) is 5.78 Å². The highest BCUT2D eigenvalue weighted by Crippen LogP contribution is 2.26. The molecule has 18 heavy (non-hydrogen) atoms. The highest BCUT2D eigenvalue weighted by atomic mass is 79.9. The Kier molecular flexibility index (Phi) is 3.57. The number of hydrogen-bond donors (Lipinski definition) is 0. The molecule has 0 spiro atoms. The van der Waals surface area contributed by atoms with Crippen LogP contribution in [-0.4, -0.2) is 28.7 Å². The minimum atomic E-state index is -0.654. The van der Waals surface area contributed by atoms with E-state index >= 15 is 0 Å². The Morgan fingerprint density at radius 2 is 2.06 bits per heavy atom. The van der Waals surface area contributed by atoms with E-state index in [0.717, 1.165) is 10.0 Å². The van der Waals surface area contributed by atoms with E-state index in [4.69, 9.17) is 0 Å². The third-order valence-corrected chi connectivity index (χ3v) is 4.29. The van der Waals surface area contributed by atoms with Crippen molar-refractivity contribution in [2.24, 2.45) is 0 Å². The molecule has 0 aromatic heterocycles. The molecule has 1 aromatic rings. The van der Waals surface area contributed by atoms with Crippen LogP contribution in [0.2, 0.25) is 0 Å². The smallest absolute Gasteiger partial charge is 0.227 e. The maximum absolute atomic E-state index is 12.3. The summed E-state index contributed by atoms with van der Waals surface area (Å²) in [6.45, 7) is 4.18. The molecule has 1 saturated heterocycles. The van der Waals surface area contributed by atoms with Crippen LogP contribution in [0.25, 0.3) is 0 Å². The van der Waals surface area contributed by atoms with Gasteiger partial charge in [0, 0.05) is 17.4 Å². The van der Waals surface area contributed by atoms with Gasteiger partial charge in [-0.15, -0.1) is 0 Å². The monoisotopic (exact) mass is 309 g/mol. The SMILES string of the molecule is CC1(C)C(=O)CCN1C(=O)Cc1ccccc1Br. The number of ketones is 1. The van der Waals surface area contributed by atoms with E-state index in [-0.39, 0.29) is 11.7 Å². The van der Waals surface area contributed by atoms with Gasteiger partial charge in [-0.05, 0) is 25.5 Å². The van der Waals surface area contributed by atoms with Crippen molar-refractivity contribution in [1.82, 2.24) is 4.90 Å². The molecule has 0 saturated carbocycles. The molecule has 0 aliphatic carbocycles. The molecule has 3 nitrogen and oxygen atoms in total. The van der Waals surface area contributed by atoms with Crippen molar-refractivity contribution in [1.29, 1.82) is 0 Å². The van der Waals surface area contributed by atoms with Crippen molar-refractivity contribution in [2.75, 3.05) is 6.54 Å². The Hall–Kier alpha value is -1.16. The molecule has 1 heterocycles. The Balaban J connectivity index is 2.15. The van der Waals surface area contributed by atoms with E-state index in [1.54, 1.807) is 4.90 Å². The topological polar surface area (TPSA) is 37.4 Å². The highest BCUT2D eigenvalue weighted by molar-refractivity contribution is 9.10. The van der Waals surface area contributed by atoms with Crippen molar-refractivity contribution in [3.8, 4) is 0 Å². The molecule has 1 amide bonds. The van der Waals surface area contributed by atoms with Crippen LogP contribution in [0.4, 0.5) is 0 Å². The average Bonchev–Trinajstić information content (AvgIpc) is 2.57. The Bertz CT molecular complexity index is 496. The predicted molar refractivity (Wildman–Crippen MR) is 73.3 cm³/mol. The van der Waals surface area contributed by atoms with Gasteiger partial charge in [0.05, 0.1) is 12.0 Å². The molecule has 1 aliphatic rings. The van der Waals surface area contributed by atoms with Crippen LogP contribution in [0.15, 0.2) is 28.7 Å². The second kappa shape index (κ2) is 4.84. The molecule has 96 valence electrons. The summed E-state index contributed by atoms with van der Waals surface area (Å²) < 4.78 is 0.932. The normalized spacial score (nSPS) is 18.2. The fourth-order valence-electron chi connectivity index (χ4n) is 2.29. The lowest BCUT2D eigenvalue weighted by Crippen LogP contribution is -2.47. The number of rotatable bonds is 2. The van der Waals surface area contributed by atoms with Crippen molar-refractivity contribution >= 4 is 27.6 Å². The van der Waals surface area contributed by atoms with Crippen LogP contribution in [0.5, 0.6) is 0 Å². The number of halogens is 1. The average molecular weight is 310 g/mol. The summed E-state index contributed by atoms with van der Waals surface area (Å²) in [5.41, 5.74) is 0.302. The van der Waals surface area contributed by atoms with Gasteiger partial charge in [0.25, 0.3) is 0 Å². The molecule has 1 aromatic carbocycles. The standard InChI is InChI=1S/C14H16BrNO2/c1-14(2)12(17)7-8-16(14)13(18)9-10-5-3-4-6-11(10)15/h3-6H,7-9H2,1-2H3. The van der Waals surface area contributed by atoms with E-state index in [1.165, 1.54) is 0 Å². The predicted octanol–water partition coefficient (Wildman–Crippen LogP) is 2.57. The van der Waals surface area contributed by atoms with Gasteiger partial charge in [0.2, 0.25) is 5.91 Å². The largest absolute Gasteiger partial charge is 0.330 e. The van der Waals surface area contributed by atoms with Crippen molar-refractivity contribution < 1.29 is 9.59 Å². The number of nitrogens with zero attached hydrogens (tertiary/aromatic N) is 1. The van der Waals surface area contributed by atoms with E-state index in [9.17, 15) is 9.59 Å². The quantitative estimate of drug-likeness (QED) is 0.842. The van der Waals surface area contributed by atoms with Crippen molar-refractivity contribution in [3.05, 3.63) is 34.3 Å². The maximum atomic E-state index is 12.3. The third-order valence-electron chi connectivity index (χ3n) is 3.52. The Morgan fingerprint density at radius 3 is 2.61 bits per heavy atom. The second-order valence-corrected chi connectivity index (χ2v) is 5.90. The molecule has 1 aliphatic heterocycles. The number of carbonyl (C=O) groups is 2. The Morgan fingerprint density at radius 1 is 1.39 bits per heavy atom. The van der Waals surface area contributed by atoms with Gasteiger partial charge in [-0.3, -0.25) is 9.59 Å². The summed E-state index contributed by atoms with van der Waals surface area (Å²) in [5, 5.41) is 0.